The first kappa shape index (κ1) is 77.7. The van der Waals surface area contributed by atoms with Crippen LogP contribution < -0.4 is 37.6 Å². The number of para-hydroxylation sites is 1. The molecule has 538 valence electrons. The molecule has 31 nitrogen and oxygen atoms in total. The van der Waals surface area contributed by atoms with Crippen LogP contribution in [0.4, 0.5) is 9.59 Å². The van der Waals surface area contributed by atoms with Crippen LogP contribution in [0, 0.1) is 11.8 Å². The van der Waals surface area contributed by atoms with Gasteiger partial charge in [0.25, 0.3) is 6.47 Å². The molecule has 0 saturated carbocycles. The monoisotopic (exact) mass is 1440 g/mol. The van der Waals surface area contributed by atoms with Gasteiger partial charge < -0.3 is 81.9 Å². The molecule has 3 aliphatic heterocycles. The minimum Gasteiger partial charge on any atom is -0.481 e. The maximum Gasteiger partial charge on any atom is 0.509 e. The van der Waals surface area contributed by atoms with E-state index in [1.54, 1.807) is 73.7 Å². The Morgan fingerprint density at radius 3 is 2.07 bits per heavy atom. The number of esters is 1. The summed E-state index contributed by atoms with van der Waals surface area (Å²) in [5.41, 5.74) is 10.1. The first-order valence-electron chi connectivity index (χ1n) is 32.0. The Bertz CT molecular complexity index is 3860. The highest BCUT2D eigenvalue weighted by atomic mass is 33.1. The number of amides is 6. The third-order valence-corrected chi connectivity index (χ3v) is 18.9. The van der Waals surface area contributed by atoms with E-state index in [-0.39, 0.29) is 69.8 Å². The Kier molecular flexibility index (Phi) is 28.8. The quantitative estimate of drug-likeness (QED) is 0.00756. The number of rotatable bonds is 41. The van der Waals surface area contributed by atoms with Gasteiger partial charge in [-0.25, -0.2) is 24.2 Å². The van der Waals surface area contributed by atoms with Gasteiger partial charge in [-0.05, 0) is 55.0 Å². The van der Waals surface area contributed by atoms with Crippen LogP contribution >= 0.6 is 21.6 Å². The smallest absolute Gasteiger partial charge is 0.481 e. The number of cyclic esters (lactones) is 1. The Labute approximate surface area is 585 Å². The third kappa shape index (κ3) is 22.4. The minimum absolute atomic E-state index is 0.0204. The van der Waals surface area contributed by atoms with Gasteiger partial charge in [-0.3, -0.25) is 47.9 Å². The van der Waals surface area contributed by atoms with Crippen molar-refractivity contribution in [3.05, 3.63) is 143 Å². The van der Waals surface area contributed by atoms with E-state index >= 15 is 0 Å². The molecule has 1 aromatic heterocycles. The predicted octanol–water partition coefficient (Wildman–Crippen LogP) is 3.47. The second kappa shape index (κ2) is 37.5. The first-order chi connectivity index (χ1) is 48.3. The number of urea groups is 1. The number of carbonyl (C=O) groups excluding carboxylic acids is 10. The van der Waals surface area contributed by atoms with E-state index in [9.17, 15) is 82.4 Å². The summed E-state index contributed by atoms with van der Waals surface area (Å²) in [6.07, 6.45) is -5.15. The van der Waals surface area contributed by atoms with Crippen molar-refractivity contribution in [2.75, 3.05) is 37.8 Å². The van der Waals surface area contributed by atoms with Crippen LogP contribution in [0.15, 0.2) is 120 Å². The zero-order valence-corrected chi connectivity index (χ0v) is 56.4. The van der Waals surface area contributed by atoms with E-state index < -0.39 is 170 Å². The van der Waals surface area contributed by atoms with Crippen LogP contribution in [0.2, 0.25) is 0 Å². The molecule has 4 aromatic rings. The fourth-order valence-corrected chi connectivity index (χ4v) is 13.3. The molecule has 0 aliphatic carbocycles. The molecule has 0 saturated heterocycles. The second-order valence-corrected chi connectivity index (χ2v) is 26.2. The number of aromatic nitrogens is 1. The highest BCUT2D eigenvalue weighted by Crippen LogP contribution is 2.48. The number of hydrogen-bond donors (Lipinski definition) is 11. The van der Waals surface area contributed by atoms with E-state index in [2.05, 4.69) is 43.2 Å². The number of aliphatic carboxylic acids is 4. The second-order valence-electron chi connectivity index (χ2n) is 23.6. The molecule has 3 aromatic carbocycles. The number of carbonyl (C=O) groups is 14. The number of nitrogens with zero attached hydrogens (tertiary/aromatic N) is 2. The Morgan fingerprint density at radius 1 is 0.733 bits per heavy atom. The van der Waals surface area contributed by atoms with Crippen molar-refractivity contribution in [3.63, 3.8) is 0 Å². The summed E-state index contributed by atoms with van der Waals surface area (Å²) < 4.78 is 21.4. The van der Waals surface area contributed by atoms with Gasteiger partial charge in [-0.2, -0.15) is 0 Å². The normalized spacial score (nSPS) is 16.4. The van der Waals surface area contributed by atoms with Crippen molar-refractivity contribution in [1.29, 1.82) is 0 Å². The zero-order chi connectivity index (χ0) is 73.3. The largest absolute Gasteiger partial charge is 0.509 e. The van der Waals surface area contributed by atoms with Crippen LogP contribution in [0.25, 0.3) is 16.6 Å². The van der Waals surface area contributed by atoms with Crippen LogP contribution in [0.5, 0.6) is 0 Å². The van der Waals surface area contributed by atoms with Gasteiger partial charge in [0.05, 0.1) is 54.3 Å². The molecule has 101 heavy (non-hydrogen) atoms. The summed E-state index contributed by atoms with van der Waals surface area (Å²) in [6, 6.07) is 19.4. The molecule has 0 fully saturated rings. The maximum atomic E-state index is 14.3. The molecule has 8 atom stereocenters. The van der Waals surface area contributed by atoms with E-state index in [1.807, 2.05) is 35.2 Å². The molecule has 3 aliphatic rings. The summed E-state index contributed by atoms with van der Waals surface area (Å²) in [5, 5.41) is 53.5. The molecule has 4 heterocycles. The number of nitrogens with one attached hydrogen (secondary N) is 6. The molecule has 0 radical (unpaired) electrons. The number of fused-ring (bicyclic) bond motifs is 4. The number of pyridine rings is 1. The van der Waals surface area contributed by atoms with E-state index in [1.165, 1.54) is 0 Å². The number of carboxylic acid groups (broad SMARTS) is 4. The number of benzene rings is 3. The van der Waals surface area contributed by atoms with Crippen LogP contribution in [-0.2, 0) is 95.9 Å². The van der Waals surface area contributed by atoms with E-state index in [0.29, 0.717) is 45.9 Å². The molecule has 0 bridgehead atoms. The molecular formula is C68H77N9O22S2. The van der Waals surface area contributed by atoms with E-state index in [4.69, 9.17) is 30.0 Å². The van der Waals surface area contributed by atoms with Crippen molar-refractivity contribution in [3.8, 4) is 0 Å². The van der Waals surface area contributed by atoms with Crippen molar-refractivity contribution in [2.45, 2.75) is 120 Å². The fraction of sp³-hybridized carbons (Fsp3) is 0.397. The number of ketones is 2. The summed E-state index contributed by atoms with van der Waals surface area (Å²) in [6.45, 7) is 5.15. The zero-order valence-electron chi connectivity index (χ0n) is 54.7. The number of hydrogen-bond acceptors (Lipinski definition) is 23. The topological polar surface area (TPSA) is 471 Å². The van der Waals surface area contributed by atoms with Gasteiger partial charge in [0.1, 0.15) is 25.3 Å². The van der Waals surface area contributed by atoms with Crippen molar-refractivity contribution in [2.24, 2.45) is 17.6 Å². The van der Waals surface area contributed by atoms with Crippen molar-refractivity contribution in [1.82, 2.24) is 41.8 Å². The SMILES string of the molecule is C=C1C2=C(C=C3c4nc5ccccc5cc4CN13)[C@](CC)(OC(=O)OCCSSC[C@H](CC(=O)[C@H](CC(=O)O)NC(=O)[C@@H](N)CNC(=O)[C@@H](CC(=O)[C@H](Cc1ccccc1)NC(=O)CCNC(=O)CC[C@H](NC(=O)N[C@@H](CCC(=O)O)OC=O)C(=O)O)Cc1ccccc1)C(=O)O)C(=O)OC2. The van der Waals surface area contributed by atoms with Crippen LogP contribution in [-0.4, -0.2) is 188 Å². The number of ether oxygens (including phenoxy) is 4. The molecule has 7 rings (SSSR count). The lowest BCUT2D eigenvalue weighted by Gasteiger charge is -2.40. The highest BCUT2D eigenvalue weighted by Gasteiger charge is 2.53. The summed E-state index contributed by atoms with van der Waals surface area (Å²) >= 11 is 0. The molecule has 12 N–H and O–H groups in total. The van der Waals surface area contributed by atoms with E-state index in [0.717, 1.165) is 38.1 Å². The Morgan fingerprint density at radius 2 is 1.41 bits per heavy atom. The van der Waals surface area contributed by atoms with Gasteiger partial charge in [-0.15, -0.1) is 0 Å². The molecule has 6 amide bonds. The van der Waals surface area contributed by atoms with Gasteiger partial charge in [0, 0.05) is 90.4 Å². The summed E-state index contributed by atoms with van der Waals surface area (Å²) in [5.74, 6) is -14.0. The first-order valence-corrected chi connectivity index (χ1v) is 34.4. The lowest BCUT2D eigenvalue weighted by atomic mass is 9.82. The number of nitrogens with two attached hydrogens (primary N) is 1. The predicted molar refractivity (Wildman–Crippen MR) is 362 cm³/mol. The maximum absolute atomic E-state index is 14.3. The summed E-state index contributed by atoms with van der Waals surface area (Å²) in [7, 11) is 2.08. The average molecular weight is 1440 g/mol. The lowest BCUT2D eigenvalue weighted by molar-refractivity contribution is -0.165. The number of Topliss-reactive ketones (excluding diaryl/α,β-unsaturated/α-hetero) is 2. The van der Waals surface area contributed by atoms with Gasteiger partial charge in [0.2, 0.25) is 29.2 Å². The molecule has 33 heteroatoms. The summed E-state index contributed by atoms with van der Waals surface area (Å²) in [4.78, 5) is 186. The van der Waals surface area contributed by atoms with Gasteiger partial charge >= 0.3 is 42.0 Å². The average Bonchev–Trinajstić information content (AvgIpc) is 1.65. The fourth-order valence-electron chi connectivity index (χ4n) is 11.2. The van der Waals surface area contributed by atoms with Crippen LogP contribution in [0.3, 0.4) is 0 Å². The minimum atomic E-state index is -1.89. The molecule has 0 spiro atoms. The van der Waals surface area contributed by atoms with Crippen molar-refractivity contribution >= 4 is 122 Å². The van der Waals surface area contributed by atoms with Gasteiger partial charge in [0.15, 0.2) is 17.8 Å². The van der Waals surface area contributed by atoms with Crippen LogP contribution in [0.1, 0.15) is 87.1 Å². The Hall–Kier alpha value is -10.7. The third-order valence-electron chi connectivity index (χ3n) is 16.5. The lowest BCUT2D eigenvalue weighted by Crippen LogP contribution is -2.53. The standard InChI is InChI=1S/C68H77N9O22S2/c1-3-68(46-31-52-60-43(28-41-16-10-11-17-48(41)73-60)34-77(52)38(2)45(46)35-97-65(68)93)99-67(95)96-24-25-100-101-36-44(63(89)90)30-54(80)51(32-59(85)86)74-62(88)47(69)33-71-61(87)42(26-39-12-6-4-7-13-39)29-53(79)50(27-40-14-8-5-9-15-40)72-56(82)22-23-70-55(81)19-18-49(64(91)92)75-66(94)76-57(98-37-78)20-21-58(83)84/h4-17,28,31,37,42,44,47,49-51,57H,2-3,18-27,29-30,32-36,69H2,1H3,(H,70,81)(H,71,87)(H,72,82)(H,74,88)(H,83,84)(H,85,86)(H,89,90)(H,91,92)(H2,75,76,94)/t42-,44+,47+,49+,50+,51+,57-,68+/m1/s1. The molecular weight excluding hydrogens is 1360 g/mol. The van der Waals surface area contributed by atoms with Gasteiger partial charge in [-0.1, -0.05) is 114 Å². The molecule has 0 unspecified atom stereocenters. The number of carboxylic acids is 4. The highest BCUT2D eigenvalue weighted by molar-refractivity contribution is 8.76. The Balaban J connectivity index is 0.882. The van der Waals surface area contributed by atoms with Crippen molar-refractivity contribution < 1.29 is 106 Å².